The van der Waals surface area contributed by atoms with E-state index >= 15 is 0 Å². The Morgan fingerprint density at radius 3 is 2.78 bits per heavy atom. The van der Waals surface area contributed by atoms with Gasteiger partial charge in [-0.25, -0.2) is 4.99 Å². The van der Waals surface area contributed by atoms with E-state index in [1.807, 2.05) is 0 Å². The fourth-order valence-electron chi connectivity index (χ4n) is 1.13. The van der Waals surface area contributed by atoms with E-state index in [0.29, 0.717) is 12.1 Å². The standard InChI is InChI=1S/C6H10N2O/c7-6-8-5(3-9-6)4-1-2-4/h4-5H,1-3H2,(H2,7,8)/t5-/m1/s1. The number of aliphatic imine (C=N–C) groups is 1. The van der Waals surface area contributed by atoms with Gasteiger partial charge in [0.25, 0.3) is 6.02 Å². The Kier molecular flexibility index (Phi) is 0.917. The first kappa shape index (κ1) is 5.09. The Morgan fingerprint density at radius 1 is 1.56 bits per heavy atom. The first-order valence-electron chi connectivity index (χ1n) is 3.32. The maximum Gasteiger partial charge on any atom is 0.282 e. The molecule has 0 bridgehead atoms. The summed E-state index contributed by atoms with van der Waals surface area (Å²) in [5.74, 6) is 0.783. The van der Waals surface area contributed by atoms with Crippen molar-refractivity contribution < 1.29 is 4.74 Å². The molecule has 0 unspecified atom stereocenters. The van der Waals surface area contributed by atoms with Crippen molar-refractivity contribution in [3.63, 3.8) is 0 Å². The average molecular weight is 126 g/mol. The summed E-state index contributed by atoms with van der Waals surface area (Å²) in [6, 6.07) is 0.775. The predicted molar refractivity (Wildman–Crippen MR) is 34.1 cm³/mol. The third-order valence-corrected chi connectivity index (χ3v) is 1.86. The highest BCUT2D eigenvalue weighted by Gasteiger charge is 2.34. The number of rotatable bonds is 1. The van der Waals surface area contributed by atoms with Crippen LogP contribution >= 0.6 is 0 Å². The molecule has 50 valence electrons. The van der Waals surface area contributed by atoms with Gasteiger partial charge >= 0.3 is 0 Å². The van der Waals surface area contributed by atoms with Gasteiger partial charge in [-0.3, -0.25) is 0 Å². The minimum absolute atomic E-state index is 0.381. The van der Waals surface area contributed by atoms with Crippen LogP contribution in [0.2, 0.25) is 0 Å². The lowest BCUT2D eigenvalue weighted by molar-refractivity contribution is 0.303. The van der Waals surface area contributed by atoms with Crippen LogP contribution < -0.4 is 5.73 Å². The van der Waals surface area contributed by atoms with Crippen LogP contribution in [0.3, 0.4) is 0 Å². The Labute approximate surface area is 53.9 Å². The van der Waals surface area contributed by atoms with Crippen molar-refractivity contribution in [2.45, 2.75) is 18.9 Å². The monoisotopic (exact) mass is 126 g/mol. The molecule has 2 rings (SSSR count). The molecule has 3 heteroatoms. The van der Waals surface area contributed by atoms with Crippen LogP contribution in [0.15, 0.2) is 4.99 Å². The molecule has 0 radical (unpaired) electrons. The molecule has 1 heterocycles. The second-order valence-corrected chi connectivity index (χ2v) is 2.68. The van der Waals surface area contributed by atoms with Crippen molar-refractivity contribution in [1.29, 1.82) is 0 Å². The normalized spacial score (nSPS) is 33.8. The summed E-state index contributed by atoms with van der Waals surface area (Å²) in [5, 5.41) is 0. The zero-order chi connectivity index (χ0) is 6.27. The molecule has 0 amide bonds. The number of hydrogen-bond acceptors (Lipinski definition) is 3. The second-order valence-electron chi connectivity index (χ2n) is 2.68. The van der Waals surface area contributed by atoms with Crippen LogP contribution in [0.5, 0.6) is 0 Å². The number of ether oxygens (including phenoxy) is 1. The van der Waals surface area contributed by atoms with Gasteiger partial charge in [-0.05, 0) is 18.8 Å². The van der Waals surface area contributed by atoms with Crippen molar-refractivity contribution >= 4 is 6.02 Å². The second kappa shape index (κ2) is 1.62. The SMILES string of the molecule is NC1=N[C@@H](C2CC2)CO1. The van der Waals surface area contributed by atoms with Crippen molar-refractivity contribution in [2.24, 2.45) is 16.6 Å². The summed E-state index contributed by atoms with van der Waals surface area (Å²) < 4.78 is 4.99. The van der Waals surface area contributed by atoms with Gasteiger partial charge in [-0.15, -0.1) is 0 Å². The van der Waals surface area contributed by atoms with Gasteiger partial charge in [0.1, 0.15) is 6.61 Å². The van der Waals surface area contributed by atoms with Crippen LogP contribution in [0.25, 0.3) is 0 Å². The quantitative estimate of drug-likeness (QED) is 0.542. The maximum absolute atomic E-state index is 5.32. The van der Waals surface area contributed by atoms with Crippen molar-refractivity contribution in [2.75, 3.05) is 6.61 Å². The smallest absolute Gasteiger partial charge is 0.282 e. The average Bonchev–Trinajstić information content (AvgIpc) is 2.58. The highest BCUT2D eigenvalue weighted by Crippen LogP contribution is 2.35. The summed E-state index contributed by atoms with van der Waals surface area (Å²) in [6.07, 6.45) is 2.62. The van der Waals surface area contributed by atoms with Gasteiger partial charge in [0.2, 0.25) is 0 Å². The molecule has 9 heavy (non-hydrogen) atoms. The van der Waals surface area contributed by atoms with E-state index in [9.17, 15) is 0 Å². The van der Waals surface area contributed by atoms with Crippen LogP contribution in [-0.2, 0) is 4.74 Å². The van der Waals surface area contributed by atoms with E-state index < -0.39 is 0 Å². The summed E-state index contributed by atoms with van der Waals surface area (Å²) in [4.78, 5) is 4.12. The molecule has 1 aliphatic carbocycles. The zero-order valence-electron chi connectivity index (χ0n) is 5.21. The highest BCUT2D eigenvalue weighted by atomic mass is 16.5. The largest absolute Gasteiger partial charge is 0.463 e. The Balaban J connectivity index is 1.99. The minimum Gasteiger partial charge on any atom is -0.463 e. The predicted octanol–water partition coefficient (Wildman–Crippen LogP) is 0.110. The van der Waals surface area contributed by atoms with E-state index in [2.05, 4.69) is 4.99 Å². The highest BCUT2D eigenvalue weighted by molar-refractivity contribution is 5.73. The lowest BCUT2D eigenvalue weighted by atomic mass is 10.2. The lowest BCUT2D eigenvalue weighted by Gasteiger charge is -1.97. The van der Waals surface area contributed by atoms with Crippen LogP contribution in [-0.4, -0.2) is 18.7 Å². The number of nitrogens with two attached hydrogens (primary N) is 1. The Bertz CT molecular complexity index is 151. The van der Waals surface area contributed by atoms with Crippen LogP contribution in [0.4, 0.5) is 0 Å². The van der Waals surface area contributed by atoms with Crippen molar-refractivity contribution in [1.82, 2.24) is 0 Å². The van der Waals surface area contributed by atoms with E-state index in [1.54, 1.807) is 0 Å². The fourth-order valence-corrected chi connectivity index (χ4v) is 1.13. The molecule has 1 saturated carbocycles. The summed E-state index contributed by atoms with van der Waals surface area (Å²) in [5.41, 5.74) is 5.32. The Hall–Kier alpha value is -0.730. The molecule has 1 aliphatic heterocycles. The minimum atomic E-state index is 0.381. The first-order chi connectivity index (χ1) is 4.36. The van der Waals surface area contributed by atoms with Crippen LogP contribution in [0.1, 0.15) is 12.8 Å². The van der Waals surface area contributed by atoms with Gasteiger partial charge < -0.3 is 10.5 Å². The van der Waals surface area contributed by atoms with E-state index in [4.69, 9.17) is 10.5 Å². The van der Waals surface area contributed by atoms with Gasteiger partial charge in [0.15, 0.2) is 0 Å². The number of nitrogens with zero attached hydrogens (tertiary/aromatic N) is 1. The molecule has 0 aromatic rings. The summed E-state index contributed by atoms with van der Waals surface area (Å²) in [7, 11) is 0. The molecule has 1 fully saturated rings. The zero-order valence-corrected chi connectivity index (χ0v) is 5.21. The fraction of sp³-hybridized carbons (Fsp3) is 0.833. The van der Waals surface area contributed by atoms with E-state index in [-0.39, 0.29) is 0 Å². The van der Waals surface area contributed by atoms with Crippen molar-refractivity contribution in [3.8, 4) is 0 Å². The van der Waals surface area contributed by atoms with Gasteiger partial charge in [-0.2, -0.15) is 0 Å². The molecule has 0 aromatic heterocycles. The van der Waals surface area contributed by atoms with E-state index in [1.165, 1.54) is 12.8 Å². The van der Waals surface area contributed by atoms with Crippen LogP contribution in [0, 0.1) is 5.92 Å². The van der Waals surface area contributed by atoms with Gasteiger partial charge in [-0.1, -0.05) is 0 Å². The van der Waals surface area contributed by atoms with E-state index in [0.717, 1.165) is 12.5 Å². The maximum atomic E-state index is 5.32. The number of amidine groups is 1. The Morgan fingerprint density at radius 2 is 2.33 bits per heavy atom. The van der Waals surface area contributed by atoms with Gasteiger partial charge in [0, 0.05) is 0 Å². The summed E-state index contributed by atoms with van der Waals surface area (Å²) >= 11 is 0. The lowest BCUT2D eigenvalue weighted by Crippen LogP contribution is -2.10. The molecule has 0 spiro atoms. The molecule has 0 saturated heterocycles. The van der Waals surface area contributed by atoms with Gasteiger partial charge in [0.05, 0.1) is 6.04 Å². The molecular weight excluding hydrogens is 116 g/mol. The topological polar surface area (TPSA) is 47.6 Å². The summed E-state index contributed by atoms with van der Waals surface area (Å²) in [6.45, 7) is 0.719. The molecule has 0 aromatic carbocycles. The molecule has 2 N–H and O–H groups in total. The number of hydrogen-bond donors (Lipinski definition) is 1. The molecular formula is C6H10N2O. The molecule has 1 atom stereocenters. The third-order valence-electron chi connectivity index (χ3n) is 1.86. The van der Waals surface area contributed by atoms with Crippen molar-refractivity contribution in [3.05, 3.63) is 0 Å². The third kappa shape index (κ3) is 0.866. The molecule has 2 aliphatic rings. The molecule has 3 nitrogen and oxygen atoms in total. The first-order valence-corrected chi connectivity index (χ1v) is 3.32.